The lowest BCUT2D eigenvalue weighted by atomic mass is 9.95. The van der Waals surface area contributed by atoms with Gasteiger partial charge in [-0.2, -0.15) is 13.8 Å². The molecule has 0 fully saturated rings. The summed E-state index contributed by atoms with van der Waals surface area (Å²) in [6.45, 7) is -3.09. The highest BCUT2D eigenvalue weighted by atomic mass is 19.3. The number of ether oxygens (including phenoxy) is 1. The number of nitrogens with one attached hydrogen (secondary N) is 2. The average Bonchev–Trinajstić information content (AvgIpc) is 3.31. The van der Waals surface area contributed by atoms with E-state index < -0.39 is 43.0 Å². The summed E-state index contributed by atoms with van der Waals surface area (Å²) >= 11 is 0. The number of nitrogens with zero attached hydrogens (tertiary/aromatic N) is 4. The number of carbonyl (C=O) groups is 1. The van der Waals surface area contributed by atoms with Crippen molar-refractivity contribution in [3.8, 4) is 28.4 Å². The van der Waals surface area contributed by atoms with E-state index in [1.165, 1.54) is 24.4 Å². The van der Waals surface area contributed by atoms with Crippen molar-refractivity contribution in [3.05, 3.63) is 84.6 Å². The number of halogens is 5. The van der Waals surface area contributed by atoms with Gasteiger partial charge in [-0.05, 0) is 42.0 Å². The summed E-state index contributed by atoms with van der Waals surface area (Å²) in [5, 5.41) is 2.55. The summed E-state index contributed by atoms with van der Waals surface area (Å²) in [6, 6.07) is 13.0. The second-order valence-corrected chi connectivity index (χ2v) is 8.52. The molecular formula is C27H19F5N6O2. The number of carbonyl (C=O) groups excluding carboxylic acids is 1. The van der Waals surface area contributed by atoms with Crippen molar-refractivity contribution in [2.45, 2.75) is 25.4 Å². The van der Waals surface area contributed by atoms with Crippen molar-refractivity contribution in [1.82, 2.24) is 24.9 Å². The van der Waals surface area contributed by atoms with Gasteiger partial charge in [0.05, 0.1) is 29.1 Å². The van der Waals surface area contributed by atoms with E-state index in [-0.39, 0.29) is 17.0 Å². The maximum atomic E-state index is 13.4. The maximum absolute atomic E-state index is 13.4. The average molecular weight is 554 g/mol. The molecule has 40 heavy (non-hydrogen) atoms. The van der Waals surface area contributed by atoms with Crippen molar-refractivity contribution in [2.24, 2.45) is 0 Å². The second-order valence-electron chi connectivity index (χ2n) is 8.52. The molecule has 4 heterocycles. The fraction of sp³-hybridized carbons (Fsp3) is 0.148. The Morgan fingerprint density at radius 2 is 1.77 bits per heavy atom. The molecule has 0 spiro atoms. The third kappa shape index (κ3) is 5.87. The van der Waals surface area contributed by atoms with Crippen LogP contribution in [-0.2, 0) is 4.79 Å². The van der Waals surface area contributed by atoms with Gasteiger partial charge in [0, 0.05) is 24.4 Å². The van der Waals surface area contributed by atoms with Crippen LogP contribution in [0.4, 0.5) is 27.8 Å². The Bertz CT molecular complexity index is 1630. The van der Waals surface area contributed by atoms with Crippen molar-refractivity contribution in [3.63, 3.8) is 0 Å². The minimum Gasteiger partial charge on any atom is -0.415 e. The van der Waals surface area contributed by atoms with Crippen LogP contribution in [0.25, 0.3) is 33.7 Å². The first-order valence-electron chi connectivity index (χ1n) is 11.8. The molecule has 2 N–H and O–H groups in total. The smallest absolute Gasteiger partial charge is 0.388 e. The molecule has 0 aliphatic heterocycles. The van der Waals surface area contributed by atoms with Gasteiger partial charge in [0.2, 0.25) is 18.2 Å². The van der Waals surface area contributed by atoms with Gasteiger partial charge < -0.3 is 15.0 Å². The predicted octanol–water partition coefficient (Wildman–Crippen LogP) is 6.20. The van der Waals surface area contributed by atoms with E-state index in [4.69, 9.17) is 0 Å². The van der Waals surface area contributed by atoms with Gasteiger partial charge >= 0.3 is 6.61 Å². The molecule has 204 valence electrons. The third-order valence-electron chi connectivity index (χ3n) is 5.91. The Balaban J connectivity index is 1.52. The molecule has 0 radical (unpaired) electrons. The molecule has 1 atom stereocenters. The first kappa shape index (κ1) is 26.7. The highest BCUT2D eigenvalue weighted by Crippen LogP contribution is 2.37. The standard InChI is InChI=1S/C27H19F5N6O2/c28-16-6-4-14(5-7-16)17(12-19(29)30)26(39)36-20-11-15(8-10-34-20)23-22(18-3-1-2-9-33-18)24-25(38-23)37-21(13-35-24)40-27(31)32/h1-11,13,17,19,27H,12H2,(H,37,38)(H,34,36,39)/t17-/m0/s1. The van der Waals surface area contributed by atoms with Crippen LogP contribution in [-0.4, -0.2) is 43.9 Å². The van der Waals surface area contributed by atoms with E-state index in [0.717, 1.165) is 18.3 Å². The lowest BCUT2D eigenvalue weighted by Gasteiger charge is -2.17. The van der Waals surface area contributed by atoms with Crippen LogP contribution in [0.1, 0.15) is 17.9 Å². The Morgan fingerprint density at radius 3 is 2.48 bits per heavy atom. The molecule has 4 aromatic heterocycles. The Labute approximate surface area is 223 Å². The van der Waals surface area contributed by atoms with Crippen molar-refractivity contribution in [1.29, 1.82) is 0 Å². The predicted molar refractivity (Wildman–Crippen MR) is 135 cm³/mol. The maximum Gasteiger partial charge on any atom is 0.388 e. The largest absolute Gasteiger partial charge is 0.415 e. The number of anilines is 1. The molecule has 0 saturated heterocycles. The quantitative estimate of drug-likeness (QED) is 0.210. The van der Waals surface area contributed by atoms with Crippen molar-refractivity contribution >= 4 is 22.9 Å². The number of benzene rings is 1. The van der Waals surface area contributed by atoms with Crippen LogP contribution in [0.5, 0.6) is 5.88 Å². The van der Waals surface area contributed by atoms with Gasteiger partial charge in [0.1, 0.15) is 17.2 Å². The number of rotatable bonds is 9. The fourth-order valence-corrected chi connectivity index (χ4v) is 4.20. The van der Waals surface area contributed by atoms with Crippen molar-refractivity contribution in [2.75, 3.05) is 5.32 Å². The number of hydrogen-bond acceptors (Lipinski definition) is 6. The van der Waals surface area contributed by atoms with E-state index in [0.29, 0.717) is 28.0 Å². The number of fused-ring (bicyclic) bond motifs is 1. The minimum atomic E-state index is -3.09. The molecule has 0 saturated carbocycles. The summed E-state index contributed by atoms with van der Waals surface area (Å²) in [5.74, 6) is -2.91. The molecule has 1 amide bonds. The lowest BCUT2D eigenvalue weighted by Crippen LogP contribution is -2.23. The first-order chi connectivity index (χ1) is 19.3. The van der Waals surface area contributed by atoms with E-state index in [9.17, 15) is 26.7 Å². The summed E-state index contributed by atoms with van der Waals surface area (Å²) in [7, 11) is 0. The van der Waals surface area contributed by atoms with Crippen molar-refractivity contribution < 1.29 is 31.5 Å². The zero-order valence-electron chi connectivity index (χ0n) is 20.4. The van der Waals surface area contributed by atoms with E-state index >= 15 is 0 Å². The summed E-state index contributed by atoms with van der Waals surface area (Å²) < 4.78 is 69.8. The lowest BCUT2D eigenvalue weighted by molar-refractivity contribution is -0.118. The van der Waals surface area contributed by atoms with E-state index in [1.54, 1.807) is 30.5 Å². The van der Waals surface area contributed by atoms with Crippen LogP contribution in [0.15, 0.2) is 73.2 Å². The highest BCUT2D eigenvalue weighted by Gasteiger charge is 2.26. The third-order valence-corrected chi connectivity index (χ3v) is 5.91. The fourth-order valence-electron chi connectivity index (χ4n) is 4.20. The zero-order chi connectivity index (χ0) is 28.2. The molecule has 13 heteroatoms. The first-order valence-corrected chi connectivity index (χ1v) is 11.8. The van der Waals surface area contributed by atoms with Gasteiger partial charge in [-0.15, -0.1) is 0 Å². The van der Waals surface area contributed by atoms with E-state index in [1.807, 2.05) is 0 Å². The van der Waals surface area contributed by atoms with Crippen LogP contribution in [0.2, 0.25) is 0 Å². The SMILES string of the molecule is O=C(Nc1cc(-c2[nH]c3nc(OC(F)F)cnc3c2-c2ccccn2)ccn1)[C@@H](CC(F)F)c1ccc(F)cc1. The highest BCUT2D eigenvalue weighted by molar-refractivity contribution is 6.00. The number of amides is 1. The molecular weight excluding hydrogens is 535 g/mol. The molecule has 0 aliphatic carbocycles. The number of H-pyrrole nitrogens is 1. The molecule has 0 bridgehead atoms. The summed E-state index contributed by atoms with van der Waals surface area (Å²) in [5.41, 5.74) is 2.60. The number of hydrogen-bond donors (Lipinski definition) is 2. The molecule has 5 rings (SSSR count). The topological polar surface area (TPSA) is 106 Å². The van der Waals surface area contributed by atoms with Crippen LogP contribution >= 0.6 is 0 Å². The van der Waals surface area contributed by atoms with Gasteiger partial charge in [-0.3, -0.25) is 9.78 Å². The minimum absolute atomic E-state index is 0.0529. The van der Waals surface area contributed by atoms with Crippen LogP contribution in [0, 0.1) is 5.82 Å². The molecule has 0 aliphatic rings. The Morgan fingerprint density at radius 1 is 0.975 bits per heavy atom. The summed E-state index contributed by atoms with van der Waals surface area (Å²) in [6.07, 6.45) is 0.464. The summed E-state index contributed by atoms with van der Waals surface area (Å²) in [4.78, 5) is 32.9. The van der Waals surface area contributed by atoms with Gasteiger partial charge in [0.25, 0.3) is 0 Å². The monoisotopic (exact) mass is 554 g/mol. The zero-order valence-corrected chi connectivity index (χ0v) is 20.4. The number of alkyl halides is 4. The van der Waals surface area contributed by atoms with Gasteiger partial charge in [-0.25, -0.2) is 23.1 Å². The van der Waals surface area contributed by atoms with E-state index in [2.05, 4.69) is 35.0 Å². The van der Waals surface area contributed by atoms with Gasteiger partial charge in [-0.1, -0.05) is 18.2 Å². The molecule has 5 aromatic rings. The number of pyridine rings is 2. The second kappa shape index (κ2) is 11.4. The number of aromatic amines is 1. The Hall–Kier alpha value is -4.94. The molecule has 8 nitrogen and oxygen atoms in total. The normalized spacial score (nSPS) is 12.2. The van der Waals surface area contributed by atoms with Crippen LogP contribution in [0.3, 0.4) is 0 Å². The van der Waals surface area contributed by atoms with Crippen LogP contribution < -0.4 is 10.1 Å². The number of aromatic nitrogens is 5. The Kier molecular flexibility index (Phi) is 7.62. The molecule has 0 unspecified atom stereocenters. The molecule has 1 aromatic carbocycles. The van der Waals surface area contributed by atoms with Gasteiger partial charge in [0.15, 0.2) is 5.65 Å².